The van der Waals surface area contributed by atoms with Crippen LogP contribution in [0.4, 0.5) is 0 Å². The van der Waals surface area contributed by atoms with Crippen molar-refractivity contribution in [2.45, 2.75) is 24.5 Å². The Morgan fingerprint density at radius 1 is 0.793 bits per heavy atom. The van der Waals surface area contributed by atoms with Gasteiger partial charge in [-0.1, -0.05) is 90.5 Å². The van der Waals surface area contributed by atoms with Gasteiger partial charge in [0.1, 0.15) is 11.3 Å². The number of Topliss-reactive ketones (excluding diaryl/α,β-unsaturated/α-hetero) is 1. The number of esters is 1. The van der Waals surface area contributed by atoms with Crippen molar-refractivity contribution in [3.05, 3.63) is 107 Å². The highest BCUT2D eigenvalue weighted by Gasteiger charge is 2.71. The van der Waals surface area contributed by atoms with E-state index in [2.05, 4.69) is 0 Å². The number of aryl methyl sites for hydroxylation is 1. The molecule has 0 aliphatic carbocycles. The molecule has 1 fully saturated rings. The Labute approximate surface area is 168 Å². The molecule has 2 heterocycles. The number of fused-ring (bicyclic) bond motifs is 1. The molecule has 2 unspecified atom stereocenters. The maximum atomic E-state index is 13.9. The predicted molar refractivity (Wildman–Crippen MR) is 110 cm³/mol. The fourth-order valence-corrected chi connectivity index (χ4v) is 4.48. The Bertz CT molecular complexity index is 1140. The number of benzene rings is 3. The highest BCUT2D eigenvalue weighted by Crippen LogP contribution is 2.58. The fourth-order valence-electron chi connectivity index (χ4n) is 4.48. The second-order valence-electron chi connectivity index (χ2n) is 7.58. The maximum Gasteiger partial charge on any atom is 0.310 e. The van der Waals surface area contributed by atoms with Crippen LogP contribution in [-0.4, -0.2) is 17.5 Å². The smallest absolute Gasteiger partial charge is 0.310 e. The predicted octanol–water partition coefficient (Wildman–Crippen LogP) is 4.10. The molecule has 5 rings (SSSR count). The number of carbonyl (C=O) groups excluding carboxylic acids is 2. The van der Waals surface area contributed by atoms with Gasteiger partial charge in [0.05, 0.1) is 6.42 Å². The van der Waals surface area contributed by atoms with Gasteiger partial charge < -0.3 is 4.74 Å². The van der Waals surface area contributed by atoms with Crippen LogP contribution in [0.1, 0.15) is 28.7 Å². The molecule has 0 bridgehead atoms. The van der Waals surface area contributed by atoms with Crippen molar-refractivity contribution in [1.29, 1.82) is 0 Å². The fraction of sp³-hybridized carbons (Fsp3) is 0.160. The van der Waals surface area contributed by atoms with Gasteiger partial charge in [-0.05, 0) is 12.5 Å². The van der Waals surface area contributed by atoms with Crippen LogP contribution in [0.25, 0.3) is 0 Å². The van der Waals surface area contributed by atoms with Crippen molar-refractivity contribution in [2.24, 2.45) is 4.99 Å². The summed E-state index contributed by atoms with van der Waals surface area (Å²) in [7, 11) is 0. The van der Waals surface area contributed by atoms with Gasteiger partial charge in [-0.2, -0.15) is 0 Å². The van der Waals surface area contributed by atoms with Gasteiger partial charge in [-0.25, -0.2) is 0 Å². The average molecular weight is 381 g/mol. The minimum Gasteiger partial charge on any atom is -0.442 e. The first-order chi connectivity index (χ1) is 14.1. The minimum absolute atomic E-state index is 0.0209. The standard InChI is InChI=1S/C25H19NO3/c1-17-12-14-19(15-13-17)24-16-21(27)29-25(24,20-10-6-3-7-11-20)23(28)22(26-24)18-8-4-2-5-9-18/h2-15H,16H2,1H3. The molecular formula is C25H19NO3. The highest BCUT2D eigenvalue weighted by molar-refractivity contribution is 6.51. The third kappa shape index (κ3) is 2.35. The molecule has 0 radical (unpaired) electrons. The number of hydrogen-bond acceptors (Lipinski definition) is 4. The molecule has 2 aliphatic heterocycles. The van der Waals surface area contributed by atoms with E-state index in [9.17, 15) is 9.59 Å². The molecule has 4 nitrogen and oxygen atoms in total. The van der Waals surface area contributed by atoms with E-state index < -0.39 is 17.1 Å². The van der Waals surface area contributed by atoms with E-state index in [4.69, 9.17) is 9.73 Å². The Morgan fingerprint density at radius 3 is 2.07 bits per heavy atom. The van der Waals surface area contributed by atoms with Crippen molar-refractivity contribution in [3.63, 3.8) is 0 Å². The summed E-state index contributed by atoms with van der Waals surface area (Å²) in [5, 5.41) is 0. The molecule has 4 heteroatoms. The molecule has 0 saturated carbocycles. The molecule has 0 N–H and O–H groups in total. The van der Waals surface area contributed by atoms with Crippen LogP contribution < -0.4 is 0 Å². The first-order valence-corrected chi connectivity index (χ1v) is 9.61. The van der Waals surface area contributed by atoms with E-state index in [0.29, 0.717) is 11.3 Å². The highest BCUT2D eigenvalue weighted by atomic mass is 16.6. The van der Waals surface area contributed by atoms with Gasteiger partial charge in [-0.3, -0.25) is 14.6 Å². The zero-order valence-corrected chi connectivity index (χ0v) is 16.0. The summed E-state index contributed by atoms with van der Waals surface area (Å²) < 4.78 is 5.91. The first kappa shape index (κ1) is 17.6. The molecule has 0 amide bonds. The molecule has 2 aliphatic rings. The molecule has 3 aromatic rings. The van der Waals surface area contributed by atoms with Crippen LogP contribution in [0.15, 0.2) is 89.9 Å². The molecular weight excluding hydrogens is 362 g/mol. The SMILES string of the molecule is Cc1ccc(C23CC(=O)OC2(c2ccccc2)C(=O)C(c2ccccc2)=N3)cc1. The van der Waals surface area contributed by atoms with Crippen LogP contribution in [-0.2, 0) is 25.5 Å². The van der Waals surface area contributed by atoms with Gasteiger partial charge >= 0.3 is 5.97 Å². The van der Waals surface area contributed by atoms with E-state index in [1.54, 1.807) is 0 Å². The van der Waals surface area contributed by atoms with Crippen LogP contribution in [0.5, 0.6) is 0 Å². The summed E-state index contributed by atoms with van der Waals surface area (Å²) in [6, 6.07) is 26.5. The number of rotatable bonds is 3. The van der Waals surface area contributed by atoms with E-state index in [1.807, 2.05) is 91.9 Å². The summed E-state index contributed by atoms with van der Waals surface area (Å²) >= 11 is 0. The number of ether oxygens (including phenoxy) is 1. The van der Waals surface area contributed by atoms with E-state index in [1.165, 1.54) is 0 Å². The third-order valence-corrected chi connectivity index (χ3v) is 5.84. The number of aliphatic imine (C=N–C) groups is 1. The van der Waals surface area contributed by atoms with Gasteiger partial charge in [0.25, 0.3) is 0 Å². The molecule has 29 heavy (non-hydrogen) atoms. The Hall–Kier alpha value is -3.53. The Balaban J connectivity index is 1.83. The van der Waals surface area contributed by atoms with Crippen LogP contribution in [0, 0.1) is 6.92 Å². The van der Waals surface area contributed by atoms with Crippen LogP contribution in [0.3, 0.4) is 0 Å². The van der Waals surface area contributed by atoms with Crippen molar-refractivity contribution >= 4 is 17.5 Å². The summed E-state index contributed by atoms with van der Waals surface area (Å²) in [4.78, 5) is 31.5. The number of hydrogen-bond donors (Lipinski definition) is 0. The summed E-state index contributed by atoms with van der Waals surface area (Å²) in [5.74, 6) is -0.694. The van der Waals surface area contributed by atoms with Gasteiger partial charge in [0.2, 0.25) is 11.4 Å². The summed E-state index contributed by atoms with van der Waals surface area (Å²) in [5.41, 5.74) is 1.00. The molecule has 1 saturated heterocycles. The van der Waals surface area contributed by atoms with Crippen molar-refractivity contribution < 1.29 is 14.3 Å². The third-order valence-electron chi connectivity index (χ3n) is 5.84. The van der Waals surface area contributed by atoms with E-state index in [-0.39, 0.29) is 12.2 Å². The second kappa shape index (κ2) is 6.24. The van der Waals surface area contributed by atoms with Crippen LogP contribution >= 0.6 is 0 Å². The van der Waals surface area contributed by atoms with E-state index >= 15 is 0 Å². The van der Waals surface area contributed by atoms with Crippen molar-refractivity contribution in [3.8, 4) is 0 Å². The topological polar surface area (TPSA) is 55.7 Å². The summed E-state index contributed by atoms with van der Waals surface area (Å²) in [6.07, 6.45) is 0.0209. The lowest BCUT2D eigenvalue weighted by Crippen LogP contribution is -2.48. The van der Waals surface area contributed by atoms with E-state index in [0.717, 1.165) is 16.7 Å². The zero-order valence-electron chi connectivity index (χ0n) is 16.0. The number of nitrogens with zero attached hydrogens (tertiary/aromatic N) is 1. The number of carbonyl (C=O) groups is 2. The van der Waals surface area contributed by atoms with Crippen molar-refractivity contribution in [1.82, 2.24) is 0 Å². The molecule has 0 aromatic heterocycles. The largest absolute Gasteiger partial charge is 0.442 e. The van der Waals surface area contributed by atoms with Gasteiger partial charge in [0, 0.05) is 11.1 Å². The monoisotopic (exact) mass is 381 g/mol. The Kier molecular flexibility index (Phi) is 3.78. The van der Waals surface area contributed by atoms with Gasteiger partial charge in [-0.15, -0.1) is 0 Å². The Morgan fingerprint density at radius 2 is 1.41 bits per heavy atom. The normalized spacial score (nSPS) is 25.5. The second-order valence-corrected chi connectivity index (χ2v) is 7.58. The molecule has 142 valence electrons. The lowest BCUT2D eigenvalue weighted by molar-refractivity contribution is -0.157. The quantitative estimate of drug-likeness (QED) is 0.642. The minimum atomic E-state index is -1.49. The van der Waals surface area contributed by atoms with Crippen LogP contribution in [0.2, 0.25) is 0 Å². The van der Waals surface area contributed by atoms with Crippen molar-refractivity contribution in [2.75, 3.05) is 0 Å². The maximum absolute atomic E-state index is 13.9. The summed E-state index contributed by atoms with van der Waals surface area (Å²) in [6.45, 7) is 2.00. The molecule has 2 atom stereocenters. The molecule has 0 spiro atoms. The molecule has 3 aromatic carbocycles. The van der Waals surface area contributed by atoms with Gasteiger partial charge in [0.15, 0.2) is 0 Å². The lowest BCUT2D eigenvalue weighted by atomic mass is 9.70. The average Bonchev–Trinajstić information content (AvgIpc) is 3.19. The lowest BCUT2D eigenvalue weighted by Gasteiger charge is -2.35. The number of ketones is 1. The zero-order chi connectivity index (χ0) is 20.1. The first-order valence-electron chi connectivity index (χ1n) is 9.61.